The van der Waals surface area contributed by atoms with Crippen LogP contribution in [0, 0.1) is 0 Å². The molecule has 23 heavy (non-hydrogen) atoms. The van der Waals surface area contributed by atoms with Crippen LogP contribution in [0.1, 0.15) is 44.6 Å². The van der Waals surface area contributed by atoms with E-state index in [9.17, 15) is 5.11 Å². The number of hydrogen-bond donors (Lipinski definition) is 3. The molecular weight excluding hydrogens is 290 g/mol. The van der Waals surface area contributed by atoms with E-state index < -0.39 is 5.60 Å². The minimum absolute atomic E-state index is 0.539. The SMILES string of the molecule is CCNC(=NCc1ccccc1OC)NCC1(O)CCCCC1. The standard InChI is InChI=1S/C18H29N3O2/c1-3-19-17(21-14-18(22)11-7-4-8-12-18)20-13-15-9-5-6-10-16(15)23-2/h5-6,9-10,22H,3-4,7-8,11-14H2,1-2H3,(H2,19,20,21). The normalized spacial score (nSPS) is 17.6. The fourth-order valence-electron chi connectivity index (χ4n) is 2.97. The maximum absolute atomic E-state index is 10.6. The number of ether oxygens (including phenoxy) is 1. The Hall–Kier alpha value is -1.75. The molecule has 0 atom stereocenters. The molecule has 1 saturated carbocycles. The molecule has 1 aromatic rings. The van der Waals surface area contributed by atoms with Crippen molar-refractivity contribution in [3.63, 3.8) is 0 Å². The topological polar surface area (TPSA) is 65.9 Å². The van der Waals surface area contributed by atoms with Crippen molar-refractivity contribution in [1.29, 1.82) is 0 Å². The molecule has 0 aliphatic heterocycles. The molecule has 5 nitrogen and oxygen atoms in total. The molecule has 2 rings (SSSR count). The van der Waals surface area contributed by atoms with Crippen LogP contribution >= 0.6 is 0 Å². The third kappa shape index (κ3) is 5.43. The lowest BCUT2D eigenvalue weighted by molar-refractivity contribution is 0.00859. The highest BCUT2D eigenvalue weighted by Crippen LogP contribution is 2.27. The molecule has 1 fully saturated rings. The molecule has 0 saturated heterocycles. The summed E-state index contributed by atoms with van der Waals surface area (Å²) in [6.07, 6.45) is 5.17. The lowest BCUT2D eigenvalue weighted by atomic mass is 9.85. The summed E-state index contributed by atoms with van der Waals surface area (Å²) in [5, 5.41) is 17.1. The number of nitrogens with zero attached hydrogens (tertiary/aromatic N) is 1. The van der Waals surface area contributed by atoms with E-state index in [0.717, 1.165) is 49.5 Å². The molecule has 0 unspecified atom stereocenters. The van der Waals surface area contributed by atoms with Gasteiger partial charge in [0.2, 0.25) is 0 Å². The zero-order valence-corrected chi connectivity index (χ0v) is 14.3. The van der Waals surface area contributed by atoms with Gasteiger partial charge >= 0.3 is 0 Å². The highest BCUT2D eigenvalue weighted by atomic mass is 16.5. The van der Waals surface area contributed by atoms with E-state index in [-0.39, 0.29) is 0 Å². The van der Waals surface area contributed by atoms with Gasteiger partial charge in [-0.05, 0) is 25.8 Å². The van der Waals surface area contributed by atoms with Crippen LogP contribution in [0.5, 0.6) is 5.75 Å². The second kappa shape index (κ2) is 8.77. The van der Waals surface area contributed by atoms with E-state index in [1.807, 2.05) is 31.2 Å². The van der Waals surface area contributed by atoms with Crippen molar-refractivity contribution in [2.75, 3.05) is 20.2 Å². The predicted molar refractivity (Wildman–Crippen MR) is 93.8 cm³/mol. The van der Waals surface area contributed by atoms with E-state index in [0.29, 0.717) is 13.1 Å². The van der Waals surface area contributed by atoms with Gasteiger partial charge in [-0.15, -0.1) is 0 Å². The van der Waals surface area contributed by atoms with Crippen molar-refractivity contribution in [3.05, 3.63) is 29.8 Å². The van der Waals surface area contributed by atoms with Crippen molar-refractivity contribution in [1.82, 2.24) is 10.6 Å². The van der Waals surface area contributed by atoms with Crippen LogP contribution in [0.25, 0.3) is 0 Å². The molecule has 0 radical (unpaired) electrons. The predicted octanol–water partition coefficient (Wildman–Crippen LogP) is 2.45. The van der Waals surface area contributed by atoms with E-state index in [4.69, 9.17) is 4.74 Å². The van der Waals surface area contributed by atoms with E-state index in [1.54, 1.807) is 7.11 Å². The van der Waals surface area contributed by atoms with Gasteiger partial charge in [-0.25, -0.2) is 4.99 Å². The third-order valence-electron chi connectivity index (χ3n) is 4.31. The molecule has 128 valence electrons. The Kier molecular flexibility index (Phi) is 6.71. The molecule has 0 spiro atoms. The Balaban J connectivity index is 1.96. The van der Waals surface area contributed by atoms with Crippen LogP contribution in [0.3, 0.4) is 0 Å². The van der Waals surface area contributed by atoms with Gasteiger partial charge in [-0.1, -0.05) is 37.5 Å². The summed E-state index contributed by atoms with van der Waals surface area (Å²) in [6.45, 7) is 3.91. The first-order valence-electron chi connectivity index (χ1n) is 8.53. The van der Waals surface area contributed by atoms with Crippen LogP contribution in [0.4, 0.5) is 0 Å². The Bertz CT molecular complexity index is 511. The smallest absolute Gasteiger partial charge is 0.191 e. The molecule has 1 aliphatic rings. The molecular formula is C18H29N3O2. The molecule has 5 heteroatoms. The van der Waals surface area contributed by atoms with Crippen molar-refractivity contribution in [3.8, 4) is 5.75 Å². The fourth-order valence-corrected chi connectivity index (χ4v) is 2.97. The maximum Gasteiger partial charge on any atom is 0.191 e. The second-order valence-electron chi connectivity index (χ2n) is 6.15. The number of aliphatic hydroxyl groups is 1. The fraction of sp³-hybridized carbons (Fsp3) is 0.611. The van der Waals surface area contributed by atoms with Gasteiger partial charge in [0.25, 0.3) is 0 Å². The van der Waals surface area contributed by atoms with Crippen LogP contribution in [-0.4, -0.2) is 36.9 Å². The summed E-state index contributed by atoms with van der Waals surface area (Å²) in [5.41, 5.74) is 0.447. The Labute approximate surface area is 139 Å². The molecule has 1 aromatic carbocycles. The van der Waals surface area contributed by atoms with Crippen LogP contribution in [0.2, 0.25) is 0 Å². The van der Waals surface area contributed by atoms with Gasteiger partial charge in [0.15, 0.2) is 5.96 Å². The number of aliphatic imine (C=N–C) groups is 1. The van der Waals surface area contributed by atoms with Crippen molar-refractivity contribution in [2.45, 2.75) is 51.2 Å². The van der Waals surface area contributed by atoms with Gasteiger partial charge in [0, 0.05) is 18.7 Å². The van der Waals surface area contributed by atoms with Crippen LogP contribution < -0.4 is 15.4 Å². The molecule has 0 heterocycles. The van der Waals surface area contributed by atoms with Crippen molar-refractivity contribution >= 4 is 5.96 Å². The largest absolute Gasteiger partial charge is 0.496 e. The summed E-state index contributed by atoms with van der Waals surface area (Å²) in [6, 6.07) is 7.89. The molecule has 3 N–H and O–H groups in total. The average Bonchev–Trinajstić information content (AvgIpc) is 2.58. The Morgan fingerprint density at radius 2 is 1.96 bits per heavy atom. The van der Waals surface area contributed by atoms with Gasteiger partial charge in [0.05, 0.1) is 19.3 Å². The van der Waals surface area contributed by atoms with E-state index in [1.165, 1.54) is 6.42 Å². The second-order valence-corrected chi connectivity index (χ2v) is 6.15. The third-order valence-corrected chi connectivity index (χ3v) is 4.31. The van der Waals surface area contributed by atoms with Crippen molar-refractivity contribution < 1.29 is 9.84 Å². The average molecular weight is 319 g/mol. The first kappa shape index (κ1) is 17.6. The Morgan fingerprint density at radius 1 is 1.22 bits per heavy atom. The number of benzene rings is 1. The molecule has 0 bridgehead atoms. The van der Waals surface area contributed by atoms with E-state index >= 15 is 0 Å². The number of nitrogens with one attached hydrogen (secondary N) is 2. The van der Waals surface area contributed by atoms with Gasteiger partial charge in [0.1, 0.15) is 5.75 Å². The number of para-hydroxylation sites is 1. The minimum atomic E-state index is -0.598. The van der Waals surface area contributed by atoms with Crippen molar-refractivity contribution in [2.24, 2.45) is 4.99 Å². The molecule has 0 amide bonds. The molecule has 0 aromatic heterocycles. The first-order valence-corrected chi connectivity index (χ1v) is 8.53. The summed E-state index contributed by atoms with van der Waals surface area (Å²) in [5.74, 6) is 1.58. The zero-order valence-electron chi connectivity index (χ0n) is 14.3. The Morgan fingerprint density at radius 3 is 2.65 bits per heavy atom. The lowest BCUT2D eigenvalue weighted by Crippen LogP contribution is -2.48. The lowest BCUT2D eigenvalue weighted by Gasteiger charge is -2.32. The summed E-state index contributed by atoms with van der Waals surface area (Å²) in [4.78, 5) is 4.61. The zero-order chi connectivity index (χ0) is 16.5. The van der Waals surface area contributed by atoms with Gasteiger partial charge in [-0.3, -0.25) is 0 Å². The highest BCUT2D eigenvalue weighted by molar-refractivity contribution is 5.79. The number of guanidine groups is 1. The minimum Gasteiger partial charge on any atom is -0.496 e. The van der Waals surface area contributed by atoms with Crippen LogP contribution in [-0.2, 0) is 6.54 Å². The summed E-state index contributed by atoms with van der Waals surface area (Å²) in [7, 11) is 1.67. The molecule has 1 aliphatic carbocycles. The first-order chi connectivity index (χ1) is 11.2. The monoisotopic (exact) mass is 319 g/mol. The van der Waals surface area contributed by atoms with E-state index in [2.05, 4.69) is 15.6 Å². The van der Waals surface area contributed by atoms with Gasteiger partial charge < -0.3 is 20.5 Å². The number of hydrogen-bond acceptors (Lipinski definition) is 3. The summed E-state index contributed by atoms with van der Waals surface area (Å²) >= 11 is 0. The number of rotatable bonds is 6. The summed E-state index contributed by atoms with van der Waals surface area (Å²) < 4.78 is 5.36. The van der Waals surface area contributed by atoms with Crippen LogP contribution in [0.15, 0.2) is 29.3 Å². The quantitative estimate of drug-likeness (QED) is 0.556. The van der Waals surface area contributed by atoms with Gasteiger partial charge in [-0.2, -0.15) is 0 Å². The maximum atomic E-state index is 10.6. The number of methoxy groups -OCH3 is 1. The highest BCUT2D eigenvalue weighted by Gasteiger charge is 2.29.